The number of nitrogens with zero attached hydrogens (tertiary/aromatic N) is 1. The molecule has 1 saturated heterocycles. The monoisotopic (exact) mass is 306 g/mol. The second kappa shape index (κ2) is 7.91. The average molecular weight is 306 g/mol. The quantitative estimate of drug-likeness (QED) is 0.781. The number of benzene rings is 1. The van der Waals surface area contributed by atoms with Crippen LogP contribution in [0.5, 0.6) is 0 Å². The van der Waals surface area contributed by atoms with Crippen molar-refractivity contribution in [3.8, 4) is 0 Å². The van der Waals surface area contributed by atoms with E-state index < -0.39 is 6.09 Å². The van der Waals surface area contributed by atoms with Crippen molar-refractivity contribution in [1.29, 1.82) is 0 Å². The molecular formula is C16H22N2O4. The van der Waals surface area contributed by atoms with E-state index in [0.29, 0.717) is 13.2 Å². The molecule has 6 nitrogen and oxygen atoms in total. The largest absolute Gasteiger partial charge is 0.447 e. The highest BCUT2D eigenvalue weighted by atomic mass is 16.6. The van der Waals surface area contributed by atoms with Gasteiger partial charge in [0.15, 0.2) is 0 Å². The van der Waals surface area contributed by atoms with E-state index in [9.17, 15) is 9.59 Å². The van der Waals surface area contributed by atoms with Crippen LogP contribution in [0.25, 0.3) is 0 Å². The van der Waals surface area contributed by atoms with Crippen LogP contribution in [0.3, 0.4) is 0 Å². The first-order valence-corrected chi connectivity index (χ1v) is 7.46. The summed E-state index contributed by atoms with van der Waals surface area (Å²) in [7, 11) is 0. The fraction of sp³-hybridized carbons (Fsp3) is 0.500. The lowest BCUT2D eigenvalue weighted by molar-refractivity contribution is -0.130. The molecule has 0 unspecified atom stereocenters. The fourth-order valence-corrected chi connectivity index (χ4v) is 2.14. The topological polar surface area (TPSA) is 67.9 Å². The van der Waals surface area contributed by atoms with E-state index >= 15 is 0 Å². The molecule has 2 rings (SSSR count). The minimum atomic E-state index is -0.558. The molecule has 1 aliphatic rings. The van der Waals surface area contributed by atoms with Gasteiger partial charge in [-0.25, -0.2) is 9.69 Å². The predicted molar refractivity (Wildman–Crippen MR) is 80.7 cm³/mol. The summed E-state index contributed by atoms with van der Waals surface area (Å²) in [5, 5.41) is 0. The van der Waals surface area contributed by atoms with Crippen molar-refractivity contribution in [2.45, 2.75) is 32.9 Å². The van der Waals surface area contributed by atoms with Gasteiger partial charge in [-0.05, 0) is 11.5 Å². The Bertz CT molecular complexity index is 504. The average Bonchev–Trinajstić information content (AvgIpc) is 2.93. The summed E-state index contributed by atoms with van der Waals surface area (Å²) in [5.74, 6) is -0.0460. The van der Waals surface area contributed by atoms with Crippen molar-refractivity contribution in [3.05, 3.63) is 35.9 Å². The number of cyclic esters (lactones) is 1. The van der Waals surface area contributed by atoms with Gasteiger partial charge in [0.25, 0.3) is 0 Å². The van der Waals surface area contributed by atoms with Crippen molar-refractivity contribution >= 4 is 12.0 Å². The molecule has 120 valence electrons. The van der Waals surface area contributed by atoms with Crippen molar-refractivity contribution < 1.29 is 19.2 Å². The predicted octanol–water partition coefficient (Wildman–Crippen LogP) is 2.10. The van der Waals surface area contributed by atoms with Gasteiger partial charge in [-0.2, -0.15) is 5.48 Å². The fourth-order valence-electron chi connectivity index (χ4n) is 2.14. The van der Waals surface area contributed by atoms with Crippen LogP contribution < -0.4 is 5.48 Å². The molecule has 0 aromatic heterocycles. The van der Waals surface area contributed by atoms with E-state index in [1.54, 1.807) is 0 Å². The van der Waals surface area contributed by atoms with E-state index in [4.69, 9.17) is 9.57 Å². The van der Waals surface area contributed by atoms with Gasteiger partial charge >= 0.3 is 6.09 Å². The van der Waals surface area contributed by atoms with Crippen LogP contribution in [-0.2, 0) is 21.0 Å². The Labute approximate surface area is 130 Å². The third-order valence-electron chi connectivity index (χ3n) is 3.58. The number of carbonyl (C=O) groups is 2. The van der Waals surface area contributed by atoms with Crippen LogP contribution >= 0.6 is 0 Å². The van der Waals surface area contributed by atoms with Gasteiger partial charge in [-0.15, -0.1) is 0 Å². The molecule has 1 aromatic rings. The molecule has 2 amide bonds. The molecule has 1 N–H and O–H groups in total. The van der Waals surface area contributed by atoms with Gasteiger partial charge in [0.05, 0.1) is 13.2 Å². The van der Waals surface area contributed by atoms with Crippen molar-refractivity contribution in [1.82, 2.24) is 10.4 Å². The molecule has 6 heteroatoms. The minimum Gasteiger partial charge on any atom is -0.447 e. The molecule has 1 aliphatic heterocycles. The number of nitrogens with one attached hydrogen (secondary N) is 1. The molecule has 0 radical (unpaired) electrons. The van der Waals surface area contributed by atoms with Crippen LogP contribution in [0.1, 0.15) is 25.8 Å². The Morgan fingerprint density at radius 3 is 2.68 bits per heavy atom. The lowest BCUT2D eigenvalue weighted by Gasteiger charge is -2.23. The molecular weight excluding hydrogens is 284 g/mol. The second-order valence-electron chi connectivity index (χ2n) is 5.61. The Morgan fingerprint density at radius 2 is 2.09 bits per heavy atom. The smallest absolute Gasteiger partial charge is 0.416 e. The maximum absolute atomic E-state index is 12.1. The number of rotatable bonds is 7. The summed E-state index contributed by atoms with van der Waals surface area (Å²) >= 11 is 0. The Morgan fingerprint density at radius 1 is 1.36 bits per heavy atom. The second-order valence-corrected chi connectivity index (χ2v) is 5.61. The molecule has 1 aromatic carbocycles. The van der Waals surface area contributed by atoms with E-state index in [1.807, 2.05) is 44.2 Å². The van der Waals surface area contributed by atoms with Crippen LogP contribution in [-0.4, -0.2) is 36.1 Å². The maximum atomic E-state index is 12.1. The Hall–Kier alpha value is -1.92. The third kappa shape index (κ3) is 4.54. The highest BCUT2D eigenvalue weighted by Crippen LogP contribution is 2.12. The number of ether oxygens (including phenoxy) is 1. The van der Waals surface area contributed by atoms with Gasteiger partial charge in [0, 0.05) is 12.5 Å². The summed E-state index contributed by atoms with van der Waals surface area (Å²) in [6.07, 6.45) is -0.362. The van der Waals surface area contributed by atoms with Crippen molar-refractivity contribution in [2.75, 3.05) is 13.2 Å². The first-order valence-electron chi connectivity index (χ1n) is 7.46. The summed E-state index contributed by atoms with van der Waals surface area (Å²) in [5.41, 5.74) is 3.99. The number of hydrogen-bond acceptors (Lipinski definition) is 5. The normalized spacial score (nSPS) is 16.0. The van der Waals surface area contributed by atoms with Crippen molar-refractivity contribution in [2.24, 2.45) is 5.92 Å². The van der Waals surface area contributed by atoms with Crippen molar-refractivity contribution in [3.63, 3.8) is 0 Å². The van der Waals surface area contributed by atoms with E-state index in [0.717, 1.165) is 10.5 Å². The molecule has 22 heavy (non-hydrogen) atoms. The van der Waals surface area contributed by atoms with Gasteiger partial charge in [-0.3, -0.25) is 9.63 Å². The van der Waals surface area contributed by atoms with Crippen LogP contribution in [0.15, 0.2) is 30.3 Å². The SMILES string of the molecule is CC(C)[C@@H](CC(=O)N1CCOC1=O)NOCc1ccccc1. The number of carbonyl (C=O) groups excluding carboxylic acids is 2. The first kappa shape index (κ1) is 16.5. The summed E-state index contributed by atoms with van der Waals surface area (Å²) < 4.78 is 4.78. The summed E-state index contributed by atoms with van der Waals surface area (Å²) in [6.45, 7) is 5.02. The minimum absolute atomic E-state index is 0.162. The lowest BCUT2D eigenvalue weighted by atomic mass is 10.0. The van der Waals surface area contributed by atoms with E-state index in [2.05, 4.69) is 5.48 Å². The zero-order valence-corrected chi connectivity index (χ0v) is 13.0. The van der Waals surface area contributed by atoms with Gasteiger partial charge < -0.3 is 4.74 Å². The number of hydroxylamine groups is 1. The molecule has 1 heterocycles. The number of hydrogen-bond donors (Lipinski definition) is 1. The summed E-state index contributed by atoms with van der Waals surface area (Å²) in [4.78, 5) is 30.2. The highest BCUT2D eigenvalue weighted by Gasteiger charge is 2.30. The Balaban J connectivity index is 1.82. The highest BCUT2D eigenvalue weighted by molar-refractivity contribution is 5.93. The molecule has 0 saturated carbocycles. The van der Waals surface area contributed by atoms with Gasteiger partial charge in [-0.1, -0.05) is 44.2 Å². The zero-order chi connectivity index (χ0) is 15.9. The van der Waals surface area contributed by atoms with Gasteiger partial charge in [0.1, 0.15) is 6.61 Å². The van der Waals surface area contributed by atoms with Crippen LogP contribution in [0.2, 0.25) is 0 Å². The molecule has 0 bridgehead atoms. The molecule has 0 aliphatic carbocycles. The molecule has 1 fully saturated rings. The number of imide groups is 1. The van der Waals surface area contributed by atoms with Crippen LogP contribution in [0, 0.1) is 5.92 Å². The van der Waals surface area contributed by atoms with E-state index in [1.165, 1.54) is 0 Å². The molecule has 0 spiro atoms. The van der Waals surface area contributed by atoms with E-state index in [-0.39, 0.29) is 30.9 Å². The maximum Gasteiger partial charge on any atom is 0.416 e. The first-order chi connectivity index (χ1) is 10.6. The lowest BCUT2D eigenvalue weighted by Crippen LogP contribution is -2.41. The van der Waals surface area contributed by atoms with Gasteiger partial charge in [0.2, 0.25) is 5.91 Å². The molecule has 1 atom stereocenters. The van der Waals surface area contributed by atoms with Crippen LogP contribution in [0.4, 0.5) is 4.79 Å². The number of amides is 2. The zero-order valence-electron chi connectivity index (χ0n) is 13.0. The third-order valence-corrected chi connectivity index (χ3v) is 3.58. The summed E-state index contributed by atoms with van der Waals surface area (Å²) in [6, 6.07) is 9.61. The Kier molecular flexibility index (Phi) is 5.91. The standard InChI is InChI=1S/C16H22N2O4/c1-12(2)14(10-15(19)18-8-9-21-16(18)20)17-22-11-13-6-4-3-5-7-13/h3-7,12,14,17H,8-11H2,1-2H3/t14-/m1/s1.